The molecule has 0 radical (unpaired) electrons. The number of nitrogens with one attached hydrogen (secondary N) is 1. The average Bonchev–Trinajstić information content (AvgIpc) is 3.03. The molecule has 2 aliphatic rings. The first-order chi connectivity index (χ1) is 13.6. The van der Waals surface area contributed by atoms with E-state index in [4.69, 9.17) is 13.9 Å². The fourth-order valence-corrected chi connectivity index (χ4v) is 3.94. The van der Waals surface area contributed by atoms with Crippen LogP contribution in [0.25, 0.3) is 0 Å². The molecule has 3 heterocycles. The minimum absolute atomic E-state index is 0.0959. The van der Waals surface area contributed by atoms with Crippen LogP contribution in [0.3, 0.4) is 0 Å². The van der Waals surface area contributed by atoms with Crippen molar-refractivity contribution in [2.75, 3.05) is 26.2 Å². The predicted octanol–water partition coefficient (Wildman–Crippen LogP) is 3.06. The van der Waals surface area contributed by atoms with Crippen molar-refractivity contribution in [3.8, 4) is 11.5 Å². The molecule has 1 aromatic heterocycles. The Hall–Kier alpha value is -2.47. The van der Waals surface area contributed by atoms with E-state index in [9.17, 15) is 4.79 Å². The third-order valence-corrected chi connectivity index (χ3v) is 5.61. The Labute approximate surface area is 165 Å². The Kier molecular flexibility index (Phi) is 5.57. The summed E-state index contributed by atoms with van der Waals surface area (Å²) in [6.07, 6.45) is 1.59. The summed E-state index contributed by atoms with van der Waals surface area (Å²) >= 11 is 0. The molecule has 0 bridgehead atoms. The number of para-hydroxylation sites is 2. The molecule has 1 N–H and O–H groups in total. The predicted molar refractivity (Wildman–Crippen MR) is 106 cm³/mol. The maximum Gasteiger partial charge on any atom is 0.264 e. The van der Waals surface area contributed by atoms with E-state index >= 15 is 0 Å². The number of hydrogen-bond acceptors (Lipinski definition) is 5. The molecule has 0 aliphatic carbocycles. The van der Waals surface area contributed by atoms with Gasteiger partial charge in [0.05, 0.1) is 0 Å². The Morgan fingerprint density at radius 1 is 1.18 bits per heavy atom. The highest BCUT2D eigenvalue weighted by molar-refractivity contribution is 5.81. The summed E-state index contributed by atoms with van der Waals surface area (Å²) in [5.41, 5.74) is 1.28. The van der Waals surface area contributed by atoms with Crippen molar-refractivity contribution in [1.29, 1.82) is 0 Å². The molecule has 1 aromatic carbocycles. The van der Waals surface area contributed by atoms with Crippen LogP contribution in [0.1, 0.15) is 29.9 Å². The number of fused-ring (bicyclic) bond motifs is 1. The average molecular weight is 384 g/mol. The van der Waals surface area contributed by atoms with Gasteiger partial charge in [0, 0.05) is 18.7 Å². The zero-order chi connectivity index (χ0) is 19.5. The number of rotatable bonds is 5. The van der Waals surface area contributed by atoms with Crippen LogP contribution in [0, 0.1) is 19.8 Å². The summed E-state index contributed by atoms with van der Waals surface area (Å²) in [7, 11) is 0. The highest BCUT2D eigenvalue weighted by Gasteiger charge is 2.28. The molecule has 1 saturated heterocycles. The molecule has 2 aromatic rings. The van der Waals surface area contributed by atoms with E-state index in [0.29, 0.717) is 24.0 Å². The van der Waals surface area contributed by atoms with Crippen LogP contribution in [0.4, 0.5) is 0 Å². The Morgan fingerprint density at radius 2 is 1.93 bits per heavy atom. The second-order valence-electron chi connectivity index (χ2n) is 7.77. The lowest BCUT2D eigenvalue weighted by Crippen LogP contribution is -2.46. The van der Waals surface area contributed by atoms with Gasteiger partial charge in [-0.15, -0.1) is 0 Å². The van der Waals surface area contributed by atoms with Gasteiger partial charge in [-0.05, 0) is 63.9 Å². The lowest BCUT2D eigenvalue weighted by molar-refractivity contribution is -0.130. The number of nitrogens with zero attached hydrogens (tertiary/aromatic N) is 1. The van der Waals surface area contributed by atoms with E-state index in [1.807, 2.05) is 38.1 Å². The van der Waals surface area contributed by atoms with Gasteiger partial charge in [-0.3, -0.25) is 9.69 Å². The minimum Gasteiger partial charge on any atom is -0.485 e. The normalized spacial score (nSPS) is 20.1. The number of furan rings is 1. The zero-order valence-corrected chi connectivity index (χ0v) is 16.6. The van der Waals surface area contributed by atoms with Gasteiger partial charge in [-0.1, -0.05) is 12.1 Å². The number of carbonyl (C=O) groups is 1. The Balaban J connectivity index is 1.20. The molecular weight excluding hydrogens is 356 g/mol. The van der Waals surface area contributed by atoms with Crippen molar-refractivity contribution < 1.29 is 18.7 Å². The highest BCUT2D eigenvalue weighted by atomic mass is 16.6. The van der Waals surface area contributed by atoms with Crippen LogP contribution >= 0.6 is 0 Å². The van der Waals surface area contributed by atoms with E-state index < -0.39 is 6.10 Å². The van der Waals surface area contributed by atoms with Crippen LogP contribution in [-0.4, -0.2) is 43.2 Å². The third kappa shape index (κ3) is 4.33. The monoisotopic (exact) mass is 384 g/mol. The Bertz CT molecular complexity index is 824. The van der Waals surface area contributed by atoms with E-state index in [2.05, 4.69) is 16.3 Å². The second-order valence-corrected chi connectivity index (χ2v) is 7.77. The quantitative estimate of drug-likeness (QED) is 0.858. The summed E-state index contributed by atoms with van der Waals surface area (Å²) in [6.45, 7) is 7.99. The summed E-state index contributed by atoms with van der Waals surface area (Å²) in [6, 6.07) is 9.58. The standard InChI is InChI=1S/C22H28N2O4/c1-15-11-18(16(2)27-15)13-24-9-7-17(8-10-24)12-23-22(25)21-14-26-19-5-3-4-6-20(19)28-21/h3-6,11,17,21H,7-10,12-14H2,1-2H3,(H,23,25). The molecule has 0 spiro atoms. The molecule has 4 rings (SSSR count). The molecule has 150 valence electrons. The number of carbonyl (C=O) groups excluding carboxylic acids is 1. The smallest absolute Gasteiger partial charge is 0.264 e. The number of piperidine rings is 1. The number of likely N-dealkylation sites (tertiary alicyclic amines) is 1. The van der Waals surface area contributed by atoms with E-state index in [-0.39, 0.29) is 12.5 Å². The molecule has 1 amide bonds. The summed E-state index contributed by atoms with van der Waals surface area (Å²) in [4.78, 5) is 14.9. The highest BCUT2D eigenvalue weighted by Crippen LogP contribution is 2.31. The van der Waals surface area contributed by atoms with Gasteiger partial charge >= 0.3 is 0 Å². The van der Waals surface area contributed by atoms with Crippen molar-refractivity contribution >= 4 is 5.91 Å². The fraction of sp³-hybridized carbons (Fsp3) is 0.500. The first-order valence-corrected chi connectivity index (χ1v) is 10.0. The zero-order valence-electron chi connectivity index (χ0n) is 16.6. The van der Waals surface area contributed by atoms with Crippen LogP contribution in [0.5, 0.6) is 11.5 Å². The van der Waals surface area contributed by atoms with Crippen LogP contribution in [-0.2, 0) is 11.3 Å². The van der Waals surface area contributed by atoms with Crippen molar-refractivity contribution in [1.82, 2.24) is 10.2 Å². The second kappa shape index (κ2) is 8.27. The van der Waals surface area contributed by atoms with Crippen LogP contribution in [0.2, 0.25) is 0 Å². The first kappa shape index (κ1) is 18.9. The van der Waals surface area contributed by atoms with E-state index in [1.54, 1.807) is 0 Å². The van der Waals surface area contributed by atoms with Crippen molar-refractivity contribution in [2.45, 2.75) is 39.3 Å². The number of hydrogen-bond donors (Lipinski definition) is 1. The van der Waals surface area contributed by atoms with E-state index in [1.165, 1.54) is 5.56 Å². The van der Waals surface area contributed by atoms with Crippen molar-refractivity contribution in [3.05, 3.63) is 47.4 Å². The molecule has 1 unspecified atom stereocenters. The fourth-order valence-electron chi connectivity index (χ4n) is 3.94. The summed E-state index contributed by atoms with van der Waals surface area (Å²) in [5, 5.41) is 3.05. The topological polar surface area (TPSA) is 63.9 Å². The number of aryl methyl sites for hydroxylation is 2. The van der Waals surface area contributed by atoms with Gasteiger partial charge in [0.1, 0.15) is 18.1 Å². The number of benzene rings is 1. The van der Waals surface area contributed by atoms with Crippen molar-refractivity contribution in [2.24, 2.45) is 5.92 Å². The molecule has 6 nitrogen and oxygen atoms in total. The molecule has 0 saturated carbocycles. The lowest BCUT2D eigenvalue weighted by atomic mass is 9.96. The lowest BCUT2D eigenvalue weighted by Gasteiger charge is -2.32. The molecule has 1 fully saturated rings. The summed E-state index contributed by atoms with van der Waals surface area (Å²) < 4.78 is 17.0. The van der Waals surface area contributed by atoms with Crippen LogP contribution < -0.4 is 14.8 Å². The summed E-state index contributed by atoms with van der Waals surface area (Å²) in [5.74, 6) is 3.73. The third-order valence-electron chi connectivity index (χ3n) is 5.61. The van der Waals surface area contributed by atoms with E-state index in [0.717, 1.165) is 44.0 Å². The molecule has 1 atom stereocenters. The number of amides is 1. The van der Waals surface area contributed by atoms with Gasteiger partial charge < -0.3 is 19.2 Å². The van der Waals surface area contributed by atoms with Gasteiger partial charge in [0.25, 0.3) is 5.91 Å². The Morgan fingerprint density at radius 3 is 2.64 bits per heavy atom. The SMILES string of the molecule is Cc1cc(CN2CCC(CNC(=O)C3COc4ccccc4O3)CC2)c(C)o1. The molecule has 2 aliphatic heterocycles. The van der Waals surface area contributed by atoms with Gasteiger partial charge in [0.15, 0.2) is 11.5 Å². The molecule has 28 heavy (non-hydrogen) atoms. The van der Waals surface area contributed by atoms with Gasteiger partial charge in [-0.25, -0.2) is 0 Å². The van der Waals surface area contributed by atoms with Crippen LogP contribution in [0.15, 0.2) is 34.7 Å². The largest absolute Gasteiger partial charge is 0.485 e. The first-order valence-electron chi connectivity index (χ1n) is 10.0. The maximum absolute atomic E-state index is 12.5. The van der Waals surface area contributed by atoms with Gasteiger partial charge in [0.2, 0.25) is 6.10 Å². The molecular formula is C22H28N2O4. The van der Waals surface area contributed by atoms with Crippen molar-refractivity contribution in [3.63, 3.8) is 0 Å². The molecule has 6 heteroatoms. The minimum atomic E-state index is -0.581. The maximum atomic E-state index is 12.5. The number of ether oxygens (including phenoxy) is 2. The van der Waals surface area contributed by atoms with Gasteiger partial charge in [-0.2, -0.15) is 0 Å².